The summed E-state index contributed by atoms with van der Waals surface area (Å²) in [5, 5.41) is 15.7. The summed E-state index contributed by atoms with van der Waals surface area (Å²) in [6.45, 7) is 0.627. The van der Waals surface area contributed by atoms with Gasteiger partial charge in [0.05, 0.1) is 12.7 Å². The molecule has 0 aliphatic carbocycles. The van der Waals surface area contributed by atoms with E-state index < -0.39 is 0 Å². The molecule has 3 heteroatoms. The van der Waals surface area contributed by atoms with Crippen LogP contribution >= 0.6 is 0 Å². The van der Waals surface area contributed by atoms with E-state index in [0.717, 1.165) is 0 Å². The molecule has 0 spiro atoms. The zero-order valence-electron chi connectivity index (χ0n) is 3.83. The van der Waals surface area contributed by atoms with Crippen LogP contribution in [-0.2, 0) is 0 Å². The van der Waals surface area contributed by atoms with E-state index in [9.17, 15) is 0 Å². The molecule has 1 aliphatic rings. The molecule has 0 radical (unpaired) electrons. The molecule has 7 heavy (non-hydrogen) atoms. The minimum absolute atomic E-state index is 0.329. The molecule has 0 aromatic rings. The van der Waals surface area contributed by atoms with Crippen molar-refractivity contribution in [2.24, 2.45) is 10.2 Å². The molecule has 0 amide bonds. The number of nitrogens with zero attached hydrogens (tertiary/aromatic N) is 2. The molecule has 0 fully saturated rings. The fourth-order valence-electron chi connectivity index (χ4n) is 0.394. The van der Waals surface area contributed by atoms with E-state index in [1.807, 2.05) is 0 Å². The number of hydrogen-bond acceptors (Lipinski definition) is 3. The minimum atomic E-state index is 0.329. The Morgan fingerprint density at radius 1 is 1.71 bits per heavy atom. The Balaban J connectivity index is 2.57. The average molecular weight is 98.1 g/mol. The van der Waals surface area contributed by atoms with E-state index >= 15 is 0 Å². The second-order valence-corrected chi connectivity index (χ2v) is 1.35. The van der Waals surface area contributed by atoms with Gasteiger partial charge in [0.1, 0.15) is 5.76 Å². The van der Waals surface area contributed by atoms with Crippen molar-refractivity contribution in [3.63, 3.8) is 0 Å². The molecule has 1 heterocycles. The van der Waals surface area contributed by atoms with Crippen LogP contribution in [0.15, 0.2) is 22.2 Å². The van der Waals surface area contributed by atoms with Crippen molar-refractivity contribution in [1.82, 2.24) is 0 Å². The average Bonchev–Trinajstić information content (AvgIpc) is 1.69. The van der Waals surface area contributed by atoms with Gasteiger partial charge in [0, 0.05) is 6.42 Å². The predicted octanol–water partition coefficient (Wildman–Crippen LogP) is 1.24. The number of hydrogen-bond donors (Lipinski definition) is 1. The molecule has 1 rings (SSSR count). The Morgan fingerprint density at radius 3 is 2.86 bits per heavy atom. The van der Waals surface area contributed by atoms with Crippen LogP contribution in [0.25, 0.3) is 0 Å². The van der Waals surface area contributed by atoms with Crippen LogP contribution in [0.4, 0.5) is 0 Å². The van der Waals surface area contributed by atoms with Gasteiger partial charge < -0.3 is 5.11 Å². The number of rotatable bonds is 0. The Kier molecular flexibility index (Phi) is 1.06. The summed E-state index contributed by atoms with van der Waals surface area (Å²) in [6, 6.07) is 0. The molecule has 0 aromatic carbocycles. The van der Waals surface area contributed by atoms with Gasteiger partial charge in [-0.3, -0.25) is 0 Å². The van der Waals surface area contributed by atoms with Crippen molar-refractivity contribution in [2.75, 3.05) is 6.54 Å². The third-order valence-electron chi connectivity index (χ3n) is 0.756. The van der Waals surface area contributed by atoms with E-state index in [-0.39, 0.29) is 0 Å². The van der Waals surface area contributed by atoms with Crippen LogP contribution in [0.1, 0.15) is 6.42 Å². The summed E-state index contributed by atoms with van der Waals surface area (Å²) in [4.78, 5) is 0. The Morgan fingerprint density at radius 2 is 2.57 bits per heavy atom. The van der Waals surface area contributed by atoms with E-state index in [1.165, 1.54) is 6.20 Å². The third kappa shape index (κ3) is 0.994. The highest BCUT2D eigenvalue weighted by molar-refractivity contribution is 4.91. The van der Waals surface area contributed by atoms with Gasteiger partial charge in [-0.15, -0.1) is 0 Å². The van der Waals surface area contributed by atoms with Gasteiger partial charge in [-0.2, -0.15) is 10.2 Å². The van der Waals surface area contributed by atoms with Crippen LogP contribution < -0.4 is 0 Å². The maximum Gasteiger partial charge on any atom is 0.114 e. The fourth-order valence-corrected chi connectivity index (χ4v) is 0.394. The van der Waals surface area contributed by atoms with E-state index in [1.54, 1.807) is 0 Å². The van der Waals surface area contributed by atoms with Crippen molar-refractivity contribution in [3.8, 4) is 0 Å². The molecule has 1 aliphatic heterocycles. The van der Waals surface area contributed by atoms with Crippen LogP contribution in [0.3, 0.4) is 0 Å². The van der Waals surface area contributed by atoms with Gasteiger partial charge in [-0.25, -0.2) is 0 Å². The Hall–Kier alpha value is -0.860. The van der Waals surface area contributed by atoms with Crippen molar-refractivity contribution in [1.29, 1.82) is 0 Å². The second-order valence-electron chi connectivity index (χ2n) is 1.35. The van der Waals surface area contributed by atoms with Crippen LogP contribution in [0.5, 0.6) is 0 Å². The zero-order valence-corrected chi connectivity index (χ0v) is 3.83. The smallest absolute Gasteiger partial charge is 0.114 e. The molecule has 3 nitrogen and oxygen atoms in total. The SMILES string of the molecule is OC1=CN=NCC1. The first-order chi connectivity index (χ1) is 3.39. The largest absolute Gasteiger partial charge is 0.511 e. The van der Waals surface area contributed by atoms with Gasteiger partial charge in [0.25, 0.3) is 0 Å². The van der Waals surface area contributed by atoms with E-state index in [0.29, 0.717) is 18.7 Å². The monoisotopic (exact) mass is 98.0 g/mol. The van der Waals surface area contributed by atoms with Crippen molar-refractivity contribution in [3.05, 3.63) is 12.0 Å². The molecule has 0 bridgehead atoms. The highest BCUT2D eigenvalue weighted by Gasteiger charge is 1.93. The maximum absolute atomic E-state index is 8.62. The molecule has 0 saturated carbocycles. The maximum atomic E-state index is 8.62. The Labute approximate surface area is 41.4 Å². The van der Waals surface area contributed by atoms with Crippen molar-refractivity contribution < 1.29 is 5.11 Å². The summed E-state index contributed by atoms with van der Waals surface area (Å²) in [5.41, 5.74) is 0. The highest BCUT2D eigenvalue weighted by atomic mass is 16.3. The first-order valence-electron chi connectivity index (χ1n) is 2.14. The van der Waals surface area contributed by atoms with Gasteiger partial charge in [0.15, 0.2) is 0 Å². The lowest BCUT2D eigenvalue weighted by Gasteiger charge is -1.96. The van der Waals surface area contributed by atoms with Crippen LogP contribution in [-0.4, -0.2) is 11.7 Å². The molecular weight excluding hydrogens is 92.1 g/mol. The van der Waals surface area contributed by atoms with E-state index in [4.69, 9.17) is 5.11 Å². The van der Waals surface area contributed by atoms with Gasteiger partial charge in [-0.1, -0.05) is 0 Å². The first-order valence-corrected chi connectivity index (χ1v) is 2.14. The summed E-state index contributed by atoms with van der Waals surface area (Å²) < 4.78 is 0. The molecule has 1 N–H and O–H groups in total. The quantitative estimate of drug-likeness (QED) is 0.486. The second kappa shape index (κ2) is 1.73. The van der Waals surface area contributed by atoms with E-state index in [2.05, 4.69) is 10.2 Å². The first kappa shape index (κ1) is 4.30. The standard InChI is InChI=1S/C4H6N2O/c7-4-1-2-5-6-3-4/h3,7H,1-2H2. The van der Waals surface area contributed by atoms with Gasteiger partial charge in [-0.05, 0) is 0 Å². The number of aliphatic hydroxyl groups is 1. The van der Waals surface area contributed by atoms with Crippen molar-refractivity contribution >= 4 is 0 Å². The predicted molar refractivity (Wildman–Crippen MR) is 25.1 cm³/mol. The van der Waals surface area contributed by atoms with Gasteiger partial charge >= 0.3 is 0 Å². The fraction of sp³-hybridized carbons (Fsp3) is 0.500. The Bertz CT molecular complexity index is 117. The summed E-state index contributed by atoms with van der Waals surface area (Å²) in [6.07, 6.45) is 2.01. The summed E-state index contributed by atoms with van der Waals surface area (Å²) in [7, 11) is 0. The summed E-state index contributed by atoms with van der Waals surface area (Å²) in [5.74, 6) is 0.329. The topological polar surface area (TPSA) is 45.0 Å². The van der Waals surface area contributed by atoms with Gasteiger partial charge in [0.2, 0.25) is 0 Å². The lowest BCUT2D eigenvalue weighted by molar-refractivity contribution is 0.382. The molecule has 0 aromatic heterocycles. The minimum Gasteiger partial charge on any atom is -0.511 e. The van der Waals surface area contributed by atoms with Crippen molar-refractivity contribution in [2.45, 2.75) is 6.42 Å². The highest BCUT2D eigenvalue weighted by Crippen LogP contribution is 2.01. The molecule has 38 valence electrons. The lowest BCUT2D eigenvalue weighted by atomic mass is 10.4. The lowest BCUT2D eigenvalue weighted by Crippen LogP contribution is -1.87. The molecule has 0 saturated heterocycles. The zero-order chi connectivity index (χ0) is 5.11. The molecule has 0 unspecified atom stereocenters. The third-order valence-corrected chi connectivity index (χ3v) is 0.756. The molecule has 0 atom stereocenters. The number of azo groups is 1. The van der Waals surface area contributed by atoms with Crippen LogP contribution in [0, 0.1) is 0 Å². The summed E-state index contributed by atoms with van der Waals surface area (Å²) >= 11 is 0. The number of aliphatic hydroxyl groups excluding tert-OH is 1. The molecular formula is C4H6N2O. The normalized spacial score (nSPS) is 19.1. The van der Waals surface area contributed by atoms with Crippen LogP contribution in [0.2, 0.25) is 0 Å².